The fourth-order valence-corrected chi connectivity index (χ4v) is 2.33. The van der Waals surface area contributed by atoms with E-state index in [1.165, 1.54) is 12.1 Å². The second-order valence-corrected chi connectivity index (χ2v) is 5.50. The van der Waals surface area contributed by atoms with Crippen molar-refractivity contribution in [3.8, 4) is 11.5 Å². The Bertz CT molecular complexity index is 793. The number of amides is 1. The number of benzene rings is 2. The molecule has 1 atom stereocenters. The minimum absolute atomic E-state index is 0.125. The van der Waals surface area contributed by atoms with Crippen molar-refractivity contribution in [3.05, 3.63) is 48.0 Å². The van der Waals surface area contributed by atoms with Crippen LogP contribution in [-0.4, -0.2) is 18.7 Å². The summed E-state index contributed by atoms with van der Waals surface area (Å²) in [5, 5.41) is 5.44. The molecule has 1 heterocycles. The Balaban J connectivity index is 1.65. The van der Waals surface area contributed by atoms with Crippen LogP contribution >= 0.6 is 0 Å². The second kappa shape index (κ2) is 6.54. The Morgan fingerprint density at radius 1 is 1.08 bits per heavy atom. The fourth-order valence-electron chi connectivity index (χ4n) is 2.33. The molecule has 0 bridgehead atoms. The number of hydrogen-bond acceptors (Lipinski definition) is 4. The molecule has 0 saturated carbocycles. The Hall–Kier alpha value is -2.90. The van der Waals surface area contributed by atoms with Gasteiger partial charge in [0.1, 0.15) is 6.04 Å². The first-order valence-electron chi connectivity index (χ1n) is 7.47. The van der Waals surface area contributed by atoms with E-state index in [4.69, 9.17) is 9.47 Å². The number of ether oxygens (including phenoxy) is 2. The van der Waals surface area contributed by atoms with E-state index in [9.17, 15) is 18.0 Å². The van der Waals surface area contributed by atoms with Crippen molar-refractivity contribution in [1.82, 2.24) is 0 Å². The summed E-state index contributed by atoms with van der Waals surface area (Å²) in [4.78, 5) is 12.2. The number of rotatable bonds is 4. The molecule has 0 spiro atoms. The van der Waals surface area contributed by atoms with Crippen molar-refractivity contribution in [2.24, 2.45) is 0 Å². The number of carbonyl (C=O) groups is 1. The van der Waals surface area contributed by atoms with E-state index < -0.39 is 23.7 Å². The number of nitrogens with one attached hydrogen (secondary N) is 2. The van der Waals surface area contributed by atoms with Gasteiger partial charge < -0.3 is 20.1 Å². The maximum Gasteiger partial charge on any atom is 0.416 e. The highest BCUT2D eigenvalue weighted by atomic mass is 19.4. The quantitative estimate of drug-likeness (QED) is 0.877. The summed E-state index contributed by atoms with van der Waals surface area (Å²) in [7, 11) is 0. The smallest absolute Gasteiger partial charge is 0.416 e. The first-order valence-corrected chi connectivity index (χ1v) is 7.47. The number of anilines is 2. The molecular formula is C17H15F3N2O3. The zero-order valence-corrected chi connectivity index (χ0v) is 13.2. The third-order valence-electron chi connectivity index (χ3n) is 3.61. The topological polar surface area (TPSA) is 59.6 Å². The normalized spacial score (nSPS) is 14.1. The molecule has 1 amide bonds. The summed E-state index contributed by atoms with van der Waals surface area (Å²) in [5.74, 6) is 0.723. The van der Waals surface area contributed by atoms with Crippen LogP contribution in [0.25, 0.3) is 0 Å². The summed E-state index contributed by atoms with van der Waals surface area (Å²) >= 11 is 0. The van der Waals surface area contributed by atoms with Gasteiger partial charge >= 0.3 is 6.18 Å². The van der Waals surface area contributed by atoms with Crippen molar-refractivity contribution in [3.63, 3.8) is 0 Å². The molecule has 1 aliphatic rings. The lowest BCUT2D eigenvalue weighted by Gasteiger charge is -2.16. The average molecular weight is 352 g/mol. The molecule has 132 valence electrons. The van der Waals surface area contributed by atoms with Gasteiger partial charge in [0, 0.05) is 17.4 Å². The summed E-state index contributed by atoms with van der Waals surface area (Å²) in [6.45, 7) is 1.68. The minimum Gasteiger partial charge on any atom is -0.454 e. The van der Waals surface area contributed by atoms with Crippen LogP contribution in [0.2, 0.25) is 0 Å². The molecule has 1 aliphatic heterocycles. The maximum absolute atomic E-state index is 12.7. The van der Waals surface area contributed by atoms with E-state index in [1.54, 1.807) is 25.1 Å². The van der Waals surface area contributed by atoms with Crippen LogP contribution in [-0.2, 0) is 11.0 Å². The maximum atomic E-state index is 12.7. The summed E-state index contributed by atoms with van der Waals surface area (Å²) in [6.07, 6.45) is -4.43. The SMILES string of the molecule is C[C@@H](Nc1cccc(C(F)(F)F)c1)C(=O)Nc1ccc2c(c1)OCO2. The molecule has 3 rings (SSSR count). The van der Waals surface area contributed by atoms with E-state index in [1.807, 2.05) is 0 Å². The molecule has 25 heavy (non-hydrogen) atoms. The lowest BCUT2D eigenvalue weighted by atomic mass is 10.1. The Labute approximate surface area is 141 Å². The molecule has 2 aromatic rings. The number of fused-ring (bicyclic) bond motifs is 1. The number of carbonyl (C=O) groups excluding carboxylic acids is 1. The van der Waals surface area contributed by atoms with Crippen LogP contribution in [0.4, 0.5) is 24.5 Å². The standard InChI is InChI=1S/C17H15F3N2O3/c1-10(21-12-4-2-3-11(7-12)17(18,19)20)16(23)22-13-5-6-14-15(8-13)25-9-24-14/h2-8,10,21H,9H2,1H3,(H,22,23)/t10-/m1/s1. The second-order valence-electron chi connectivity index (χ2n) is 5.50. The number of halogens is 3. The highest BCUT2D eigenvalue weighted by molar-refractivity contribution is 5.96. The van der Waals surface area contributed by atoms with Crippen LogP contribution in [0.3, 0.4) is 0 Å². The highest BCUT2D eigenvalue weighted by Crippen LogP contribution is 2.34. The first-order chi connectivity index (χ1) is 11.8. The molecule has 0 saturated heterocycles. The van der Waals surface area contributed by atoms with Gasteiger partial charge in [-0.1, -0.05) is 6.07 Å². The number of alkyl halides is 3. The zero-order valence-electron chi connectivity index (χ0n) is 13.2. The third kappa shape index (κ3) is 3.96. The predicted octanol–water partition coefficient (Wildman–Crippen LogP) is 3.87. The average Bonchev–Trinajstić information content (AvgIpc) is 3.02. The van der Waals surface area contributed by atoms with Gasteiger partial charge in [-0.2, -0.15) is 13.2 Å². The van der Waals surface area contributed by atoms with E-state index in [0.29, 0.717) is 17.2 Å². The van der Waals surface area contributed by atoms with E-state index in [-0.39, 0.29) is 12.5 Å². The largest absolute Gasteiger partial charge is 0.454 e. The van der Waals surface area contributed by atoms with Crippen molar-refractivity contribution in [2.45, 2.75) is 19.1 Å². The van der Waals surface area contributed by atoms with Gasteiger partial charge in [0.15, 0.2) is 11.5 Å². The lowest BCUT2D eigenvalue weighted by Crippen LogP contribution is -2.31. The van der Waals surface area contributed by atoms with E-state index in [0.717, 1.165) is 12.1 Å². The molecule has 0 aliphatic carbocycles. The lowest BCUT2D eigenvalue weighted by molar-refractivity contribution is -0.137. The monoisotopic (exact) mass is 352 g/mol. The van der Waals surface area contributed by atoms with Gasteiger partial charge in [-0.05, 0) is 37.3 Å². The third-order valence-corrected chi connectivity index (χ3v) is 3.61. The van der Waals surface area contributed by atoms with Crippen LogP contribution < -0.4 is 20.1 Å². The first kappa shape index (κ1) is 16.9. The zero-order chi connectivity index (χ0) is 18.0. The van der Waals surface area contributed by atoms with Crippen LogP contribution in [0.5, 0.6) is 11.5 Å². The molecule has 0 fully saturated rings. The van der Waals surface area contributed by atoms with Crippen molar-refractivity contribution >= 4 is 17.3 Å². The Kier molecular flexibility index (Phi) is 4.43. The summed E-state index contributed by atoms with van der Waals surface area (Å²) < 4.78 is 48.6. The van der Waals surface area contributed by atoms with Crippen molar-refractivity contribution in [1.29, 1.82) is 0 Å². The van der Waals surface area contributed by atoms with Gasteiger partial charge in [0.05, 0.1) is 5.56 Å². The van der Waals surface area contributed by atoms with Gasteiger partial charge in [-0.3, -0.25) is 4.79 Å². The van der Waals surface area contributed by atoms with Crippen LogP contribution in [0, 0.1) is 0 Å². The van der Waals surface area contributed by atoms with Gasteiger partial charge in [0.2, 0.25) is 12.7 Å². The highest BCUT2D eigenvalue weighted by Gasteiger charge is 2.30. The van der Waals surface area contributed by atoms with Crippen LogP contribution in [0.1, 0.15) is 12.5 Å². The predicted molar refractivity (Wildman–Crippen MR) is 85.7 cm³/mol. The minimum atomic E-state index is -4.43. The molecule has 8 heteroatoms. The molecular weight excluding hydrogens is 337 g/mol. The van der Waals surface area contributed by atoms with Crippen molar-refractivity contribution in [2.75, 3.05) is 17.4 Å². The molecule has 0 aromatic heterocycles. The summed E-state index contributed by atoms with van der Waals surface area (Å²) in [6, 6.07) is 8.90. The fraction of sp³-hybridized carbons (Fsp3) is 0.235. The van der Waals surface area contributed by atoms with E-state index >= 15 is 0 Å². The van der Waals surface area contributed by atoms with Gasteiger partial charge in [-0.25, -0.2) is 0 Å². The number of hydrogen-bond donors (Lipinski definition) is 2. The van der Waals surface area contributed by atoms with Gasteiger partial charge in [0.25, 0.3) is 0 Å². The summed E-state index contributed by atoms with van der Waals surface area (Å²) in [5.41, 5.74) is -0.0593. The molecule has 2 N–H and O–H groups in total. The molecule has 2 aromatic carbocycles. The molecule has 0 radical (unpaired) electrons. The Morgan fingerprint density at radius 2 is 1.84 bits per heavy atom. The van der Waals surface area contributed by atoms with Crippen LogP contribution in [0.15, 0.2) is 42.5 Å². The van der Waals surface area contributed by atoms with E-state index in [2.05, 4.69) is 10.6 Å². The van der Waals surface area contributed by atoms with Gasteiger partial charge in [-0.15, -0.1) is 0 Å². The van der Waals surface area contributed by atoms with Crippen molar-refractivity contribution < 1.29 is 27.4 Å². The Morgan fingerprint density at radius 3 is 2.60 bits per heavy atom. The molecule has 0 unspecified atom stereocenters. The molecule has 5 nitrogen and oxygen atoms in total.